The molecule has 5 nitrogen and oxygen atoms in total. The van der Waals surface area contributed by atoms with E-state index in [9.17, 15) is 4.79 Å². The molecule has 2 N–H and O–H groups in total. The fraction of sp³-hybridized carbons (Fsp3) is 0.412. The van der Waals surface area contributed by atoms with Crippen molar-refractivity contribution in [2.45, 2.75) is 31.7 Å². The van der Waals surface area contributed by atoms with Crippen molar-refractivity contribution in [3.05, 3.63) is 52.3 Å². The van der Waals surface area contributed by atoms with Gasteiger partial charge in [0.05, 0.1) is 12.2 Å². The number of amides is 2. The number of carbonyl (C=O) groups excluding carboxylic acids is 1. The molecule has 0 aliphatic heterocycles. The third-order valence-corrected chi connectivity index (χ3v) is 4.50. The minimum Gasteiger partial charge on any atom is -0.338 e. The van der Waals surface area contributed by atoms with Crippen LogP contribution in [0.4, 0.5) is 4.79 Å². The Bertz CT molecular complexity index is 698. The van der Waals surface area contributed by atoms with Gasteiger partial charge in [0.2, 0.25) is 0 Å². The normalized spacial score (nSPS) is 16.7. The van der Waals surface area contributed by atoms with Crippen molar-refractivity contribution in [2.24, 2.45) is 7.05 Å². The van der Waals surface area contributed by atoms with Crippen LogP contribution in [0.25, 0.3) is 0 Å². The molecule has 122 valence electrons. The van der Waals surface area contributed by atoms with Crippen molar-refractivity contribution < 1.29 is 4.79 Å². The molecule has 0 radical (unpaired) electrons. The van der Waals surface area contributed by atoms with Crippen molar-refractivity contribution in [1.29, 1.82) is 0 Å². The lowest BCUT2D eigenvalue weighted by Crippen LogP contribution is -2.39. The summed E-state index contributed by atoms with van der Waals surface area (Å²) in [4.78, 5) is 12.1. The van der Waals surface area contributed by atoms with E-state index in [-0.39, 0.29) is 12.1 Å². The Morgan fingerprint density at radius 2 is 2.35 bits per heavy atom. The minimum absolute atomic E-state index is 0.0543. The standard InChI is InChI=1S/C17H21ClN4O/c1-22-16-7-3-6-15(14(16)11-20-22)21-17(23)19-9-8-12-4-2-5-13(18)10-12/h2,4-5,10-11,15H,3,6-9H2,1H3,(H2,19,21,23)/t15-/m1/s1. The number of nitrogens with zero attached hydrogens (tertiary/aromatic N) is 2. The summed E-state index contributed by atoms with van der Waals surface area (Å²) in [6.45, 7) is 0.582. The zero-order valence-electron chi connectivity index (χ0n) is 13.2. The summed E-state index contributed by atoms with van der Waals surface area (Å²) in [5.41, 5.74) is 3.48. The Kier molecular flexibility index (Phi) is 4.86. The number of benzene rings is 1. The van der Waals surface area contributed by atoms with Crippen molar-refractivity contribution in [1.82, 2.24) is 20.4 Å². The van der Waals surface area contributed by atoms with E-state index in [0.29, 0.717) is 6.54 Å². The first-order valence-electron chi connectivity index (χ1n) is 7.93. The minimum atomic E-state index is -0.131. The highest BCUT2D eigenvalue weighted by molar-refractivity contribution is 6.30. The molecule has 1 heterocycles. The molecule has 23 heavy (non-hydrogen) atoms. The number of nitrogens with one attached hydrogen (secondary N) is 2. The van der Waals surface area contributed by atoms with E-state index in [1.54, 1.807) is 0 Å². The van der Waals surface area contributed by atoms with Gasteiger partial charge in [-0.1, -0.05) is 23.7 Å². The number of aryl methyl sites for hydroxylation is 1. The maximum atomic E-state index is 12.1. The van der Waals surface area contributed by atoms with Crippen LogP contribution < -0.4 is 10.6 Å². The van der Waals surface area contributed by atoms with Crippen LogP contribution >= 0.6 is 11.6 Å². The van der Waals surface area contributed by atoms with Gasteiger partial charge in [0.1, 0.15) is 0 Å². The molecule has 2 aromatic rings. The van der Waals surface area contributed by atoms with Crippen molar-refractivity contribution in [2.75, 3.05) is 6.54 Å². The number of fused-ring (bicyclic) bond motifs is 1. The van der Waals surface area contributed by atoms with Gasteiger partial charge < -0.3 is 10.6 Å². The zero-order chi connectivity index (χ0) is 16.2. The van der Waals surface area contributed by atoms with Gasteiger partial charge in [-0.15, -0.1) is 0 Å². The molecular formula is C17H21ClN4O. The predicted molar refractivity (Wildman–Crippen MR) is 90.6 cm³/mol. The maximum absolute atomic E-state index is 12.1. The smallest absolute Gasteiger partial charge is 0.315 e. The summed E-state index contributed by atoms with van der Waals surface area (Å²) in [5.74, 6) is 0. The summed E-state index contributed by atoms with van der Waals surface area (Å²) < 4.78 is 1.90. The largest absolute Gasteiger partial charge is 0.338 e. The van der Waals surface area contributed by atoms with Gasteiger partial charge >= 0.3 is 6.03 Å². The van der Waals surface area contributed by atoms with Gasteiger partial charge in [0.25, 0.3) is 0 Å². The Balaban J connectivity index is 1.50. The van der Waals surface area contributed by atoms with Crippen LogP contribution in [0.5, 0.6) is 0 Å². The summed E-state index contributed by atoms with van der Waals surface area (Å²) >= 11 is 5.96. The molecule has 3 rings (SSSR count). The molecule has 0 spiro atoms. The van der Waals surface area contributed by atoms with Crippen LogP contribution in [0.1, 0.15) is 35.7 Å². The average molecular weight is 333 g/mol. The first-order valence-corrected chi connectivity index (χ1v) is 8.31. The third-order valence-electron chi connectivity index (χ3n) is 4.27. The van der Waals surface area contributed by atoms with Gasteiger partial charge in [0, 0.05) is 29.9 Å². The second-order valence-corrected chi connectivity index (χ2v) is 6.33. The molecule has 6 heteroatoms. The van der Waals surface area contributed by atoms with Crippen molar-refractivity contribution >= 4 is 17.6 Å². The van der Waals surface area contributed by atoms with Crippen LogP contribution in [-0.2, 0) is 19.9 Å². The molecule has 0 fully saturated rings. The van der Waals surface area contributed by atoms with E-state index in [1.165, 1.54) is 5.69 Å². The number of aromatic nitrogens is 2. The highest BCUT2D eigenvalue weighted by Crippen LogP contribution is 2.28. The summed E-state index contributed by atoms with van der Waals surface area (Å²) in [5, 5.41) is 11.0. The SMILES string of the molecule is Cn1ncc2c1CCC[C@H]2NC(=O)NCCc1cccc(Cl)c1. The van der Waals surface area contributed by atoms with Crippen LogP contribution in [0.3, 0.4) is 0 Å². The summed E-state index contributed by atoms with van der Waals surface area (Å²) in [7, 11) is 1.95. The van der Waals surface area contributed by atoms with E-state index < -0.39 is 0 Å². The number of hydrogen-bond donors (Lipinski definition) is 2. The van der Waals surface area contributed by atoms with Crippen LogP contribution in [0.15, 0.2) is 30.5 Å². The monoisotopic (exact) mass is 332 g/mol. The van der Waals surface area contributed by atoms with Crippen LogP contribution in [0.2, 0.25) is 5.02 Å². The third kappa shape index (κ3) is 3.85. The molecule has 0 saturated heterocycles. The lowest BCUT2D eigenvalue weighted by Gasteiger charge is -2.24. The van der Waals surface area contributed by atoms with Crippen LogP contribution in [-0.4, -0.2) is 22.4 Å². The Hall–Kier alpha value is -2.01. The lowest BCUT2D eigenvalue weighted by molar-refractivity contribution is 0.235. The highest BCUT2D eigenvalue weighted by Gasteiger charge is 2.24. The quantitative estimate of drug-likeness (QED) is 0.904. The van der Waals surface area contributed by atoms with E-state index in [4.69, 9.17) is 11.6 Å². The van der Waals surface area contributed by atoms with Crippen LogP contribution in [0, 0.1) is 0 Å². The van der Waals surface area contributed by atoms with E-state index in [0.717, 1.165) is 41.8 Å². The van der Waals surface area contributed by atoms with E-state index in [1.807, 2.05) is 42.2 Å². The van der Waals surface area contributed by atoms with Gasteiger partial charge in [-0.05, 0) is 43.4 Å². The van der Waals surface area contributed by atoms with Crippen molar-refractivity contribution in [3.63, 3.8) is 0 Å². The number of rotatable bonds is 4. The second kappa shape index (κ2) is 7.04. The van der Waals surface area contributed by atoms with E-state index >= 15 is 0 Å². The van der Waals surface area contributed by atoms with Crippen molar-refractivity contribution in [3.8, 4) is 0 Å². The maximum Gasteiger partial charge on any atom is 0.315 e. The zero-order valence-corrected chi connectivity index (χ0v) is 13.9. The topological polar surface area (TPSA) is 59.0 Å². The molecule has 2 amide bonds. The first kappa shape index (κ1) is 15.9. The Morgan fingerprint density at radius 1 is 1.48 bits per heavy atom. The molecule has 1 aromatic carbocycles. The highest BCUT2D eigenvalue weighted by atomic mass is 35.5. The van der Waals surface area contributed by atoms with Gasteiger partial charge in [-0.3, -0.25) is 4.68 Å². The summed E-state index contributed by atoms with van der Waals surface area (Å²) in [6.07, 6.45) is 5.68. The molecule has 0 bridgehead atoms. The number of urea groups is 1. The van der Waals surface area contributed by atoms with Gasteiger partial charge in [0.15, 0.2) is 0 Å². The first-order chi connectivity index (χ1) is 11.1. The molecule has 1 atom stereocenters. The molecule has 1 aliphatic carbocycles. The van der Waals surface area contributed by atoms with Gasteiger partial charge in [-0.2, -0.15) is 5.10 Å². The molecular weight excluding hydrogens is 312 g/mol. The predicted octanol–water partition coefficient (Wildman–Crippen LogP) is 2.99. The number of carbonyl (C=O) groups is 1. The fourth-order valence-electron chi connectivity index (χ4n) is 3.08. The molecule has 1 aromatic heterocycles. The number of halogens is 1. The van der Waals surface area contributed by atoms with Gasteiger partial charge in [-0.25, -0.2) is 4.79 Å². The average Bonchev–Trinajstić information content (AvgIpc) is 2.90. The molecule has 1 aliphatic rings. The molecule has 0 unspecified atom stereocenters. The fourth-order valence-corrected chi connectivity index (χ4v) is 3.29. The Labute approximate surface area is 141 Å². The molecule has 0 saturated carbocycles. The number of hydrogen-bond acceptors (Lipinski definition) is 2. The Morgan fingerprint density at radius 3 is 3.17 bits per heavy atom. The second-order valence-electron chi connectivity index (χ2n) is 5.90. The lowest BCUT2D eigenvalue weighted by atomic mass is 9.93. The van der Waals surface area contributed by atoms with E-state index in [2.05, 4.69) is 15.7 Å². The summed E-state index contributed by atoms with van der Waals surface area (Å²) in [6, 6.07) is 7.62.